The summed E-state index contributed by atoms with van der Waals surface area (Å²) in [6.45, 7) is -0.920. The maximum atomic E-state index is 15.5. The summed E-state index contributed by atoms with van der Waals surface area (Å²) in [6, 6.07) is 8.02. The van der Waals surface area contributed by atoms with Crippen LogP contribution in [0, 0.1) is 5.82 Å². The zero-order chi connectivity index (χ0) is 25.9. The summed E-state index contributed by atoms with van der Waals surface area (Å²) in [4.78, 5) is 31.8. The minimum Gasteiger partial charge on any atom is -0.415 e. The van der Waals surface area contributed by atoms with Crippen molar-refractivity contribution >= 4 is 17.5 Å². The fraction of sp³-hybridized carbons (Fsp3) is 0.348. The van der Waals surface area contributed by atoms with Crippen LogP contribution in [-0.4, -0.2) is 64.4 Å². The second kappa shape index (κ2) is 10.4. The number of aromatic nitrogens is 3. The van der Waals surface area contributed by atoms with E-state index in [4.69, 9.17) is 9.15 Å². The van der Waals surface area contributed by atoms with Crippen LogP contribution < -0.4 is 4.90 Å². The van der Waals surface area contributed by atoms with Gasteiger partial charge in [-0.25, -0.2) is 8.78 Å². The Balaban J connectivity index is 1.53. The number of alkyl halides is 3. The Morgan fingerprint density at radius 3 is 2.61 bits per heavy atom. The van der Waals surface area contributed by atoms with Gasteiger partial charge >= 0.3 is 6.43 Å². The normalized spacial score (nSPS) is 14.6. The molecular formula is C23H21F4N5O4. The fourth-order valence-electron chi connectivity index (χ4n) is 3.63. The summed E-state index contributed by atoms with van der Waals surface area (Å²) in [5.74, 6) is -2.92. The first-order valence-electron chi connectivity index (χ1n) is 10.8. The first-order valence-corrected chi connectivity index (χ1v) is 10.8. The van der Waals surface area contributed by atoms with Gasteiger partial charge < -0.3 is 19.0 Å². The highest BCUT2D eigenvalue weighted by atomic mass is 19.3. The molecule has 4 rings (SSSR count). The number of methoxy groups -OCH3 is 1. The number of likely N-dealkylation sites (tertiary alicyclic amines) is 1. The highest BCUT2D eigenvalue weighted by Gasteiger charge is 2.53. The summed E-state index contributed by atoms with van der Waals surface area (Å²) in [5, 5.41) is 6.79. The van der Waals surface area contributed by atoms with Gasteiger partial charge in [-0.05, 0) is 30.3 Å². The molecule has 0 N–H and O–H groups in total. The minimum absolute atomic E-state index is 0.0590. The molecule has 36 heavy (non-hydrogen) atoms. The standard InChI is InChI=1S/C23H21F4N5O4/c1-35-8-7-18(33)31-12-23(27,13-31)22(34)32(17-4-2-3-15(24)9-17)11-16-6-5-14(10-28-16)20-29-30-21(36-20)19(25)26/h2-6,9-10,19H,7-8,11-13H2,1H3. The van der Waals surface area contributed by atoms with Crippen molar-refractivity contribution < 1.29 is 36.3 Å². The van der Waals surface area contributed by atoms with E-state index in [-0.39, 0.29) is 42.6 Å². The number of pyridine rings is 1. The zero-order valence-corrected chi connectivity index (χ0v) is 19.0. The van der Waals surface area contributed by atoms with Gasteiger partial charge in [0, 0.05) is 19.0 Å². The predicted molar refractivity (Wildman–Crippen MR) is 117 cm³/mol. The third-order valence-corrected chi connectivity index (χ3v) is 5.52. The lowest BCUT2D eigenvalue weighted by atomic mass is 9.93. The molecule has 0 spiro atoms. The number of nitrogens with zero attached hydrogens (tertiary/aromatic N) is 5. The first-order chi connectivity index (χ1) is 17.2. The molecular weight excluding hydrogens is 486 g/mol. The molecule has 3 aromatic rings. The fourth-order valence-corrected chi connectivity index (χ4v) is 3.63. The Morgan fingerprint density at radius 1 is 1.22 bits per heavy atom. The van der Waals surface area contributed by atoms with Crippen LogP contribution in [0.2, 0.25) is 0 Å². The van der Waals surface area contributed by atoms with Crippen molar-refractivity contribution in [3.8, 4) is 11.5 Å². The average molecular weight is 507 g/mol. The lowest BCUT2D eigenvalue weighted by molar-refractivity contribution is -0.155. The van der Waals surface area contributed by atoms with E-state index in [1.54, 1.807) is 0 Å². The molecule has 0 atom stereocenters. The van der Waals surface area contributed by atoms with Gasteiger partial charge in [0.15, 0.2) is 0 Å². The summed E-state index contributed by atoms with van der Waals surface area (Å²) < 4.78 is 64.5. The van der Waals surface area contributed by atoms with Crippen LogP contribution in [0.15, 0.2) is 47.0 Å². The first kappa shape index (κ1) is 25.2. The van der Waals surface area contributed by atoms with E-state index in [0.29, 0.717) is 5.69 Å². The molecule has 1 aromatic carbocycles. The van der Waals surface area contributed by atoms with Crippen molar-refractivity contribution in [1.82, 2.24) is 20.1 Å². The van der Waals surface area contributed by atoms with Crippen molar-refractivity contribution in [2.45, 2.75) is 25.1 Å². The molecule has 0 aliphatic carbocycles. The Hall–Kier alpha value is -3.87. The number of ether oxygens (including phenoxy) is 1. The largest absolute Gasteiger partial charge is 0.415 e. The summed E-state index contributed by atoms with van der Waals surface area (Å²) in [6.07, 6.45) is -1.59. The molecule has 2 aromatic heterocycles. The molecule has 0 radical (unpaired) electrons. The second-order valence-corrected chi connectivity index (χ2v) is 8.11. The third kappa shape index (κ3) is 5.35. The van der Waals surface area contributed by atoms with Crippen molar-refractivity contribution in [2.75, 3.05) is 31.7 Å². The van der Waals surface area contributed by atoms with Gasteiger partial charge in [-0.15, -0.1) is 10.2 Å². The molecule has 9 nitrogen and oxygen atoms in total. The van der Waals surface area contributed by atoms with Gasteiger partial charge in [0.1, 0.15) is 5.82 Å². The molecule has 13 heteroatoms. The molecule has 1 saturated heterocycles. The van der Waals surface area contributed by atoms with E-state index >= 15 is 4.39 Å². The van der Waals surface area contributed by atoms with E-state index in [1.165, 1.54) is 48.5 Å². The van der Waals surface area contributed by atoms with Crippen LogP contribution in [0.25, 0.3) is 11.5 Å². The number of anilines is 1. The number of amides is 2. The molecule has 0 bridgehead atoms. The Labute approximate surface area is 202 Å². The number of carbonyl (C=O) groups is 2. The van der Waals surface area contributed by atoms with E-state index in [0.717, 1.165) is 11.0 Å². The zero-order valence-electron chi connectivity index (χ0n) is 19.0. The van der Waals surface area contributed by atoms with Gasteiger partial charge in [-0.1, -0.05) is 6.07 Å². The molecule has 1 fully saturated rings. The monoisotopic (exact) mass is 507 g/mol. The lowest BCUT2D eigenvalue weighted by Gasteiger charge is -2.45. The van der Waals surface area contributed by atoms with Crippen molar-refractivity contribution in [2.24, 2.45) is 0 Å². The lowest BCUT2D eigenvalue weighted by Crippen LogP contribution is -2.68. The molecule has 190 valence electrons. The number of hydrogen-bond donors (Lipinski definition) is 0. The van der Waals surface area contributed by atoms with E-state index in [9.17, 15) is 22.8 Å². The summed E-state index contributed by atoms with van der Waals surface area (Å²) >= 11 is 0. The van der Waals surface area contributed by atoms with Crippen LogP contribution in [0.4, 0.5) is 23.2 Å². The molecule has 1 aliphatic rings. The Bertz CT molecular complexity index is 1230. The van der Waals surface area contributed by atoms with Crippen molar-refractivity contribution in [3.05, 3.63) is 60.0 Å². The van der Waals surface area contributed by atoms with Crippen LogP contribution in [0.5, 0.6) is 0 Å². The number of carbonyl (C=O) groups excluding carboxylic acids is 2. The van der Waals surface area contributed by atoms with E-state index < -0.39 is 42.8 Å². The topological polar surface area (TPSA) is 102 Å². The molecule has 2 amide bonds. The van der Waals surface area contributed by atoms with Gasteiger partial charge in [0.2, 0.25) is 17.5 Å². The SMILES string of the molecule is COCCC(=O)N1CC(F)(C(=O)N(Cc2ccc(-c3nnc(C(F)F)o3)cn2)c2cccc(F)c2)C1. The number of rotatable bonds is 9. The van der Waals surface area contributed by atoms with Crippen LogP contribution in [-0.2, 0) is 20.9 Å². The summed E-state index contributed by atoms with van der Waals surface area (Å²) in [7, 11) is 1.44. The average Bonchev–Trinajstić information content (AvgIpc) is 3.34. The quantitative estimate of drug-likeness (QED) is 0.410. The highest BCUT2D eigenvalue weighted by Crippen LogP contribution is 2.32. The molecule has 0 unspecified atom stereocenters. The molecule has 1 aliphatic heterocycles. The number of benzene rings is 1. The minimum atomic E-state index is -2.92. The maximum absolute atomic E-state index is 15.5. The van der Waals surface area contributed by atoms with Gasteiger partial charge in [0.05, 0.1) is 43.9 Å². The highest BCUT2D eigenvalue weighted by molar-refractivity contribution is 6.01. The third-order valence-electron chi connectivity index (χ3n) is 5.52. The molecule has 0 saturated carbocycles. The van der Waals surface area contributed by atoms with E-state index in [2.05, 4.69) is 15.2 Å². The Morgan fingerprint density at radius 2 is 2.00 bits per heavy atom. The number of halogens is 4. The Kier molecular flexibility index (Phi) is 7.29. The predicted octanol–water partition coefficient (Wildman–Crippen LogP) is 3.33. The van der Waals surface area contributed by atoms with Crippen LogP contribution >= 0.6 is 0 Å². The smallest absolute Gasteiger partial charge is 0.314 e. The molecule has 3 heterocycles. The second-order valence-electron chi connectivity index (χ2n) is 8.11. The van der Waals surface area contributed by atoms with Crippen LogP contribution in [0.1, 0.15) is 24.4 Å². The van der Waals surface area contributed by atoms with Crippen molar-refractivity contribution in [1.29, 1.82) is 0 Å². The van der Waals surface area contributed by atoms with Crippen molar-refractivity contribution in [3.63, 3.8) is 0 Å². The number of hydrogen-bond acceptors (Lipinski definition) is 7. The van der Waals surface area contributed by atoms with Gasteiger partial charge in [0.25, 0.3) is 11.8 Å². The maximum Gasteiger partial charge on any atom is 0.314 e. The summed E-state index contributed by atoms with van der Waals surface area (Å²) in [5.41, 5.74) is -1.70. The van der Waals surface area contributed by atoms with Gasteiger partial charge in [-0.2, -0.15) is 8.78 Å². The van der Waals surface area contributed by atoms with Gasteiger partial charge in [-0.3, -0.25) is 14.6 Å². The van der Waals surface area contributed by atoms with Crippen LogP contribution in [0.3, 0.4) is 0 Å². The van der Waals surface area contributed by atoms with E-state index in [1.807, 2.05) is 0 Å².